The van der Waals surface area contributed by atoms with Crippen LogP contribution in [0, 0.1) is 0 Å². The van der Waals surface area contributed by atoms with E-state index in [1.54, 1.807) is 6.92 Å². The second-order valence-electron chi connectivity index (χ2n) is 5.38. The van der Waals surface area contributed by atoms with E-state index < -0.39 is 13.8 Å². The molecule has 0 atom stereocenters. The zero-order valence-electron chi connectivity index (χ0n) is 10.9. The highest BCUT2D eigenvalue weighted by Gasteiger charge is 2.44. The molecule has 0 aliphatic rings. The molecule has 0 saturated heterocycles. The van der Waals surface area contributed by atoms with Gasteiger partial charge < -0.3 is 5.11 Å². The summed E-state index contributed by atoms with van der Waals surface area (Å²) in [5.41, 5.74) is 0. The summed E-state index contributed by atoms with van der Waals surface area (Å²) in [4.78, 5) is 9.37. The molecule has 0 bridgehead atoms. The summed E-state index contributed by atoms with van der Waals surface area (Å²) in [6.45, 7) is 13.7. The normalized spacial score (nSPS) is 11.4. The van der Waals surface area contributed by atoms with Crippen molar-refractivity contribution in [3.05, 3.63) is 0 Å². The second-order valence-corrected chi connectivity index (χ2v) is 8.66. The predicted molar refractivity (Wildman–Crippen MR) is 65.0 cm³/mol. The number of carboxylic acid groups (broad SMARTS) is 1. The molecular formula is C11H24O3P+. The molecule has 0 amide bonds. The van der Waals surface area contributed by atoms with Crippen molar-refractivity contribution in [2.45, 2.75) is 65.2 Å². The topological polar surface area (TPSA) is 54.4 Å². The fraction of sp³-hybridized carbons (Fsp3) is 0.909. The van der Waals surface area contributed by atoms with E-state index in [2.05, 4.69) is 0 Å². The van der Waals surface area contributed by atoms with Gasteiger partial charge >= 0.3 is 13.8 Å². The lowest BCUT2D eigenvalue weighted by molar-refractivity contribution is -0.136. The highest BCUT2D eigenvalue weighted by atomic mass is 31.1. The summed E-state index contributed by atoms with van der Waals surface area (Å²) >= 11 is 0. The fourth-order valence-electron chi connectivity index (χ4n) is 1.01. The minimum absolute atomic E-state index is 0.0480. The minimum Gasteiger partial charge on any atom is -0.481 e. The number of hydrogen-bond acceptors (Lipinski definition) is 2. The van der Waals surface area contributed by atoms with Crippen LogP contribution in [0.4, 0.5) is 0 Å². The molecule has 0 spiro atoms. The van der Waals surface area contributed by atoms with Crippen molar-refractivity contribution in [2.75, 3.05) is 0 Å². The van der Waals surface area contributed by atoms with Crippen LogP contribution >= 0.6 is 7.80 Å². The van der Waals surface area contributed by atoms with Crippen LogP contribution in [0.25, 0.3) is 0 Å². The van der Waals surface area contributed by atoms with E-state index in [9.17, 15) is 9.36 Å². The molecule has 0 aromatic carbocycles. The van der Waals surface area contributed by atoms with E-state index >= 15 is 0 Å². The van der Waals surface area contributed by atoms with Gasteiger partial charge in [-0.1, -0.05) is 11.5 Å². The summed E-state index contributed by atoms with van der Waals surface area (Å²) < 4.78 is 11.6. The molecule has 0 radical (unpaired) electrons. The van der Waals surface area contributed by atoms with Gasteiger partial charge in [-0.15, -0.1) is 0 Å². The standard InChI is InChI=1S/C8H18OP.C3H6O2/c1-7(2,3)10(9)8(4,5)6;1-2-3(4)5/h1-6H3;2H2,1H3,(H,4,5)/q+1;. The van der Waals surface area contributed by atoms with Crippen molar-refractivity contribution >= 4 is 13.8 Å². The Kier molecular flexibility index (Phi) is 7.04. The third-order valence-corrected chi connectivity index (χ3v) is 3.96. The van der Waals surface area contributed by atoms with Crippen molar-refractivity contribution in [3.63, 3.8) is 0 Å². The molecule has 3 nitrogen and oxygen atoms in total. The maximum absolute atomic E-state index is 11.6. The van der Waals surface area contributed by atoms with E-state index in [1.807, 2.05) is 41.5 Å². The second kappa shape index (κ2) is 6.22. The Morgan fingerprint density at radius 1 is 1.07 bits per heavy atom. The first-order valence-electron chi connectivity index (χ1n) is 5.12. The van der Waals surface area contributed by atoms with Gasteiger partial charge in [-0.2, -0.15) is 0 Å². The van der Waals surface area contributed by atoms with Crippen LogP contribution in [0.2, 0.25) is 0 Å². The lowest BCUT2D eigenvalue weighted by Crippen LogP contribution is -2.20. The monoisotopic (exact) mass is 235 g/mol. The molecule has 0 fully saturated rings. The summed E-state index contributed by atoms with van der Waals surface area (Å²) in [6.07, 6.45) is 0.222. The average Bonchev–Trinajstić information content (AvgIpc) is 2.01. The van der Waals surface area contributed by atoms with E-state index in [0.717, 1.165) is 0 Å². The smallest absolute Gasteiger partial charge is 0.349 e. The number of aliphatic carboxylic acids is 1. The molecule has 0 heterocycles. The van der Waals surface area contributed by atoms with Gasteiger partial charge in [0.15, 0.2) is 10.3 Å². The maximum Gasteiger partial charge on any atom is 0.349 e. The Hall–Kier alpha value is -0.430. The predicted octanol–water partition coefficient (Wildman–Crippen LogP) is 3.89. The van der Waals surface area contributed by atoms with Gasteiger partial charge in [0.2, 0.25) is 0 Å². The summed E-state index contributed by atoms with van der Waals surface area (Å²) in [5, 5.41) is 7.63. The average molecular weight is 235 g/mol. The van der Waals surface area contributed by atoms with Gasteiger partial charge in [0, 0.05) is 6.42 Å². The molecule has 0 aliphatic heterocycles. The van der Waals surface area contributed by atoms with Crippen LogP contribution in [0.15, 0.2) is 0 Å². The summed E-state index contributed by atoms with van der Waals surface area (Å²) in [5.74, 6) is -0.745. The van der Waals surface area contributed by atoms with Crippen molar-refractivity contribution < 1.29 is 14.5 Å². The molecule has 0 aromatic heterocycles. The number of carbonyl (C=O) groups is 1. The van der Waals surface area contributed by atoms with Gasteiger partial charge in [0.25, 0.3) is 0 Å². The van der Waals surface area contributed by atoms with Gasteiger partial charge in [-0.25, -0.2) is 0 Å². The molecule has 0 unspecified atom stereocenters. The Labute approximate surface area is 94.1 Å². The molecule has 0 rings (SSSR count). The molecule has 0 aromatic rings. The molecular weight excluding hydrogens is 211 g/mol. The van der Waals surface area contributed by atoms with E-state index in [0.29, 0.717) is 0 Å². The Morgan fingerprint density at radius 3 is 1.27 bits per heavy atom. The van der Waals surface area contributed by atoms with Crippen LogP contribution < -0.4 is 0 Å². The highest BCUT2D eigenvalue weighted by molar-refractivity contribution is 7.48. The third-order valence-electron chi connectivity index (χ3n) is 1.52. The largest absolute Gasteiger partial charge is 0.481 e. The first-order chi connectivity index (χ1) is 6.42. The lowest BCUT2D eigenvalue weighted by Gasteiger charge is -2.14. The molecule has 90 valence electrons. The van der Waals surface area contributed by atoms with Crippen LogP contribution in [-0.2, 0) is 9.36 Å². The van der Waals surface area contributed by atoms with Crippen LogP contribution in [0.1, 0.15) is 54.9 Å². The summed E-state index contributed by atoms with van der Waals surface area (Å²) in [7, 11) is -1.11. The lowest BCUT2D eigenvalue weighted by atomic mass is 10.2. The number of rotatable bonds is 1. The van der Waals surface area contributed by atoms with Gasteiger partial charge in [0.1, 0.15) is 0 Å². The van der Waals surface area contributed by atoms with Gasteiger partial charge in [-0.3, -0.25) is 4.79 Å². The third kappa shape index (κ3) is 9.86. The quantitative estimate of drug-likeness (QED) is 0.701. The first kappa shape index (κ1) is 17.0. The fourth-order valence-corrected chi connectivity index (χ4v) is 3.02. The van der Waals surface area contributed by atoms with E-state index in [4.69, 9.17) is 5.11 Å². The SMILES string of the molecule is CC(C)(C)[P+](=O)C(C)(C)C.CCC(=O)O. The van der Waals surface area contributed by atoms with Gasteiger partial charge in [0.05, 0.1) is 0 Å². The van der Waals surface area contributed by atoms with Crippen molar-refractivity contribution in [2.24, 2.45) is 0 Å². The van der Waals surface area contributed by atoms with E-state index in [1.165, 1.54) is 0 Å². The van der Waals surface area contributed by atoms with E-state index in [-0.39, 0.29) is 16.7 Å². The molecule has 0 aliphatic carbocycles. The summed E-state index contributed by atoms with van der Waals surface area (Å²) in [6, 6.07) is 0. The Balaban J connectivity index is 0. The minimum atomic E-state index is -1.11. The van der Waals surface area contributed by atoms with Crippen LogP contribution in [-0.4, -0.2) is 21.4 Å². The Bertz CT molecular complexity index is 205. The zero-order chi connectivity index (χ0) is 12.9. The van der Waals surface area contributed by atoms with Crippen LogP contribution in [0.3, 0.4) is 0 Å². The first-order valence-corrected chi connectivity index (χ1v) is 6.38. The van der Waals surface area contributed by atoms with Crippen molar-refractivity contribution in [1.82, 2.24) is 0 Å². The Morgan fingerprint density at radius 2 is 1.27 bits per heavy atom. The maximum atomic E-state index is 11.6. The molecule has 4 heteroatoms. The van der Waals surface area contributed by atoms with Crippen molar-refractivity contribution in [1.29, 1.82) is 0 Å². The van der Waals surface area contributed by atoms with Gasteiger partial charge in [-0.05, 0) is 41.5 Å². The molecule has 0 saturated carbocycles. The molecule has 15 heavy (non-hydrogen) atoms. The zero-order valence-corrected chi connectivity index (χ0v) is 11.8. The number of hydrogen-bond donors (Lipinski definition) is 1. The molecule has 1 N–H and O–H groups in total. The van der Waals surface area contributed by atoms with Crippen molar-refractivity contribution in [3.8, 4) is 0 Å². The van der Waals surface area contributed by atoms with Crippen LogP contribution in [0.5, 0.6) is 0 Å². The highest BCUT2D eigenvalue weighted by Crippen LogP contribution is 2.49. The number of carboxylic acids is 1.